The van der Waals surface area contributed by atoms with Crippen molar-refractivity contribution in [3.8, 4) is 23.6 Å². The Bertz CT molecular complexity index is 1510. The molecular formula is C26H20N7O2+. The summed E-state index contributed by atoms with van der Waals surface area (Å²) >= 11 is 0. The zero-order valence-electron chi connectivity index (χ0n) is 18.7. The van der Waals surface area contributed by atoms with Gasteiger partial charge in [-0.15, -0.1) is 6.42 Å². The molecule has 9 nitrogen and oxygen atoms in total. The fourth-order valence-electron chi connectivity index (χ4n) is 3.39. The Morgan fingerprint density at radius 2 is 1.77 bits per heavy atom. The molecule has 0 unspecified atom stereocenters. The smallest absolute Gasteiger partial charge is 0.258 e. The molecule has 35 heavy (non-hydrogen) atoms. The predicted octanol–water partition coefficient (Wildman–Crippen LogP) is 4.75. The number of amides is 2. The number of hydrogen-bond donors (Lipinski definition) is 3. The zero-order valence-corrected chi connectivity index (χ0v) is 18.7. The number of rotatable bonds is 6. The van der Waals surface area contributed by atoms with Crippen LogP contribution in [0.1, 0.15) is 26.3 Å². The molecule has 0 spiro atoms. The Morgan fingerprint density at radius 3 is 2.51 bits per heavy atom. The molecule has 0 aliphatic heterocycles. The number of terminal acetylenes is 1. The molecule has 0 fully saturated rings. The SMILES string of the molecule is C#Cc1cccc(C(=O)Nc2cc(-c3ccc(NC(=O)c4ccccc4N=[N+]=N)cc3)nn2C)c1. The minimum Gasteiger partial charge on any atom is -0.322 e. The number of aryl methyl sites for hydroxylation is 1. The molecule has 170 valence electrons. The lowest BCUT2D eigenvalue weighted by atomic mass is 10.1. The van der Waals surface area contributed by atoms with Crippen LogP contribution in [0.15, 0.2) is 84.0 Å². The molecule has 3 N–H and O–H groups in total. The summed E-state index contributed by atoms with van der Waals surface area (Å²) in [5.41, 5.74) is 10.6. The molecule has 0 bridgehead atoms. The van der Waals surface area contributed by atoms with Gasteiger partial charge in [-0.25, -0.2) is 0 Å². The van der Waals surface area contributed by atoms with E-state index in [-0.39, 0.29) is 11.8 Å². The molecule has 0 aliphatic rings. The van der Waals surface area contributed by atoms with Crippen LogP contribution in [0.4, 0.5) is 17.2 Å². The molecule has 0 aliphatic carbocycles. The first-order chi connectivity index (χ1) is 17.0. The summed E-state index contributed by atoms with van der Waals surface area (Å²) in [7, 11) is 1.73. The highest BCUT2D eigenvalue weighted by Crippen LogP contribution is 2.25. The molecule has 4 rings (SSSR count). The summed E-state index contributed by atoms with van der Waals surface area (Å²) < 4.78 is 1.58. The number of nitrogens with one attached hydrogen (secondary N) is 3. The highest BCUT2D eigenvalue weighted by molar-refractivity contribution is 6.07. The molecule has 0 radical (unpaired) electrons. The Morgan fingerprint density at radius 1 is 1.00 bits per heavy atom. The van der Waals surface area contributed by atoms with Gasteiger partial charge in [0, 0.05) is 35.5 Å². The van der Waals surface area contributed by atoms with E-state index >= 15 is 0 Å². The minimum atomic E-state index is -0.363. The van der Waals surface area contributed by atoms with E-state index in [0.29, 0.717) is 39.6 Å². The van der Waals surface area contributed by atoms with Gasteiger partial charge < -0.3 is 10.6 Å². The van der Waals surface area contributed by atoms with Crippen molar-refractivity contribution >= 4 is 29.0 Å². The van der Waals surface area contributed by atoms with Crippen molar-refractivity contribution in [2.24, 2.45) is 12.2 Å². The third-order valence-electron chi connectivity index (χ3n) is 5.16. The molecule has 1 aromatic heterocycles. The largest absolute Gasteiger partial charge is 0.322 e. The topological polar surface area (TPSA) is 126 Å². The molecule has 0 atom stereocenters. The standard InChI is InChI=1S/C26H19N7O2/c1-3-17-7-6-8-19(15-17)25(34)29-24-16-23(31-33(24)2)18-11-13-20(14-12-18)28-26(35)21-9-4-5-10-22(21)30-32-27/h1,4-16H,2H3,(H2-,27,28,29,30,31,34,35)/p+1. The molecule has 9 heteroatoms. The van der Waals surface area contributed by atoms with Crippen molar-refractivity contribution in [3.05, 3.63) is 95.6 Å². The van der Waals surface area contributed by atoms with Gasteiger partial charge in [-0.05, 0) is 42.5 Å². The molecule has 2 amide bonds. The molecule has 3 aromatic carbocycles. The molecule has 4 aromatic rings. The fourth-order valence-corrected chi connectivity index (χ4v) is 3.39. The third kappa shape index (κ3) is 5.20. The Balaban J connectivity index is 1.48. The van der Waals surface area contributed by atoms with E-state index in [1.165, 1.54) is 0 Å². The lowest BCUT2D eigenvalue weighted by Crippen LogP contribution is -2.14. The fraction of sp³-hybridized carbons (Fsp3) is 0.0385. The van der Waals surface area contributed by atoms with E-state index in [1.54, 1.807) is 78.5 Å². The van der Waals surface area contributed by atoms with Gasteiger partial charge in [0.15, 0.2) is 10.8 Å². The first-order valence-electron chi connectivity index (χ1n) is 10.5. The summed E-state index contributed by atoms with van der Waals surface area (Å²) in [6.45, 7) is 0. The minimum absolute atomic E-state index is 0.292. The lowest BCUT2D eigenvalue weighted by molar-refractivity contribution is 0.101. The number of carbonyl (C=O) groups is 2. The summed E-state index contributed by atoms with van der Waals surface area (Å²) in [4.78, 5) is 28.3. The van der Waals surface area contributed by atoms with Crippen molar-refractivity contribution in [1.82, 2.24) is 14.7 Å². The number of hydrogen-bond acceptors (Lipinski definition) is 5. The van der Waals surface area contributed by atoms with Crippen molar-refractivity contribution < 1.29 is 9.59 Å². The second-order valence-electron chi connectivity index (χ2n) is 7.47. The number of aromatic nitrogens is 2. The van der Waals surface area contributed by atoms with Crippen LogP contribution in [0.5, 0.6) is 0 Å². The third-order valence-corrected chi connectivity index (χ3v) is 5.16. The normalized spacial score (nSPS) is 10.1. The quantitative estimate of drug-likeness (QED) is 0.217. The zero-order chi connectivity index (χ0) is 24.8. The monoisotopic (exact) mass is 462 g/mol. The van der Waals surface area contributed by atoms with Gasteiger partial charge in [0.1, 0.15) is 11.3 Å². The van der Waals surface area contributed by atoms with Gasteiger partial charge in [-0.3, -0.25) is 14.3 Å². The lowest BCUT2D eigenvalue weighted by Gasteiger charge is -2.06. The number of benzene rings is 3. The molecule has 0 saturated carbocycles. The van der Waals surface area contributed by atoms with Crippen LogP contribution in [0.3, 0.4) is 0 Å². The van der Waals surface area contributed by atoms with Crippen LogP contribution in [0, 0.1) is 17.9 Å². The first kappa shape index (κ1) is 22.9. The van der Waals surface area contributed by atoms with Crippen LogP contribution in [-0.4, -0.2) is 21.6 Å². The van der Waals surface area contributed by atoms with Crippen molar-refractivity contribution in [1.29, 1.82) is 5.53 Å². The number of carbonyl (C=O) groups excluding carboxylic acids is 2. The van der Waals surface area contributed by atoms with Crippen molar-refractivity contribution in [3.63, 3.8) is 0 Å². The van der Waals surface area contributed by atoms with Gasteiger partial charge >= 0.3 is 0 Å². The number of anilines is 2. The van der Waals surface area contributed by atoms with E-state index in [2.05, 4.69) is 31.7 Å². The maximum Gasteiger partial charge on any atom is 0.258 e. The van der Waals surface area contributed by atoms with E-state index in [1.807, 2.05) is 12.1 Å². The van der Waals surface area contributed by atoms with Crippen molar-refractivity contribution in [2.45, 2.75) is 0 Å². The highest BCUT2D eigenvalue weighted by atomic mass is 16.2. The maximum absolute atomic E-state index is 12.6. The Labute approximate surface area is 201 Å². The van der Waals surface area contributed by atoms with Crippen LogP contribution in [-0.2, 0) is 7.05 Å². The van der Waals surface area contributed by atoms with Crippen LogP contribution < -0.4 is 15.5 Å². The first-order valence-corrected chi connectivity index (χ1v) is 10.5. The average Bonchev–Trinajstić information content (AvgIpc) is 3.24. The second-order valence-corrected chi connectivity index (χ2v) is 7.47. The molecule has 0 saturated heterocycles. The summed E-state index contributed by atoms with van der Waals surface area (Å²) in [6, 6.07) is 22.4. The Kier molecular flexibility index (Phi) is 6.59. The van der Waals surface area contributed by atoms with Gasteiger partial charge in [-0.2, -0.15) is 5.10 Å². The van der Waals surface area contributed by atoms with Crippen molar-refractivity contribution in [2.75, 3.05) is 10.6 Å². The van der Waals surface area contributed by atoms with E-state index in [4.69, 9.17) is 12.0 Å². The summed E-state index contributed by atoms with van der Waals surface area (Å²) in [5.74, 6) is 2.38. The summed E-state index contributed by atoms with van der Waals surface area (Å²) in [5, 5.41) is 13.8. The van der Waals surface area contributed by atoms with Gasteiger partial charge in [0.25, 0.3) is 11.8 Å². The number of nitrogens with zero attached hydrogens (tertiary/aromatic N) is 4. The predicted molar refractivity (Wildman–Crippen MR) is 132 cm³/mol. The average molecular weight is 462 g/mol. The molecular weight excluding hydrogens is 442 g/mol. The van der Waals surface area contributed by atoms with E-state index in [0.717, 1.165) is 5.56 Å². The van der Waals surface area contributed by atoms with Gasteiger partial charge in [0.05, 0.1) is 11.3 Å². The van der Waals surface area contributed by atoms with Crippen LogP contribution in [0.25, 0.3) is 11.3 Å². The van der Waals surface area contributed by atoms with Crippen LogP contribution in [0.2, 0.25) is 0 Å². The summed E-state index contributed by atoms with van der Waals surface area (Å²) in [6.07, 6.45) is 5.42. The second kappa shape index (κ2) is 10.1. The van der Waals surface area contributed by atoms with E-state index in [9.17, 15) is 9.59 Å². The maximum atomic E-state index is 12.6. The van der Waals surface area contributed by atoms with Gasteiger partial charge in [-0.1, -0.05) is 36.3 Å². The van der Waals surface area contributed by atoms with Gasteiger partial charge in [0.2, 0.25) is 4.91 Å². The van der Waals surface area contributed by atoms with Crippen LogP contribution >= 0.6 is 0 Å². The molecule has 1 heterocycles. The Hall–Kier alpha value is -5.32. The highest BCUT2D eigenvalue weighted by Gasteiger charge is 2.15. The van der Waals surface area contributed by atoms with E-state index < -0.39 is 0 Å².